The Morgan fingerprint density at radius 2 is 2.35 bits per heavy atom. The summed E-state index contributed by atoms with van der Waals surface area (Å²) >= 11 is 0. The van der Waals surface area contributed by atoms with Crippen molar-refractivity contribution in [1.29, 1.82) is 0 Å². The second-order valence-corrected chi connectivity index (χ2v) is 4.86. The van der Waals surface area contributed by atoms with E-state index in [2.05, 4.69) is 18.8 Å². The van der Waals surface area contributed by atoms with Crippen LogP contribution in [0, 0.1) is 0 Å². The number of rotatable bonds is 3. The number of aliphatic carboxylic acids is 1. The molecule has 0 fully saturated rings. The summed E-state index contributed by atoms with van der Waals surface area (Å²) in [5, 5.41) is 9.18. The highest BCUT2D eigenvalue weighted by Crippen LogP contribution is 2.32. The number of carboxylic acids is 1. The maximum absolute atomic E-state index is 11.2. The van der Waals surface area contributed by atoms with E-state index in [1.807, 2.05) is 12.1 Å². The minimum absolute atomic E-state index is 0.350. The smallest absolute Gasteiger partial charge is 0.311 e. The Hall–Kier alpha value is -1.38. The molecule has 2 atom stereocenters. The quantitative estimate of drug-likeness (QED) is 0.872. The fourth-order valence-electron chi connectivity index (χ4n) is 2.42. The maximum atomic E-state index is 11.2. The molecule has 0 saturated heterocycles. The van der Waals surface area contributed by atoms with Gasteiger partial charge in [-0.1, -0.05) is 19.9 Å². The van der Waals surface area contributed by atoms with Crippen molar-refractivity contribution in [1.82, 2.24) is 4.98 Å². The van der Waals surface area contributed by atoms with Crippen molar-refractivity contribution in [2.45, 2.75) is 51.4 Å². The fourth-order valence-corrected chi connectivity index (χ4v) is 2.42. The Morgan fingerprint density at radius 3 is 3.00 bits per heavy atom. The average Bonchev–Trinajstić information content (AvgIpc) is 2.36. The van der Waals surface area contributed by atoms with Gasteiger partial charge in [0.25, 0.3) is 0 Å². The molecule has 1 N–H and O–H groups in total. The van der Waals surface area contributed by atoms with Crippen molar-refractivity contribution < 1.29 is 9.90 Å². The largest absolute Gasteiger partial charge is 0.481 e. The Bertz CT molecular complexity index is 428. The van der Waals surface area contributed by atoms with Gasteiger partial charge in [-0.25, -0.2) is 0 Å². The van der Waals surface area contributed by atoms with Crippen molar-refractivity contribution >= 4 is 5.97 Å². The highest BCUT2D eigenvalue weighted by atomic mass is 16.4. The van der Waals surface area contributed by atoms with Crippen LogP contribution in [0.3, 0.4) is 0 Å². The molecule has 0 aliphatic heterocycles. The molecule has 2 unspecified atom stereocenters. The number of fused-ring (bicyclic) bond motifs is 1. The van der Waals surface area contributed by atoms with Gasteiger partial charge in [0.05, 0.1) is 5.92 Å². The summed E-state index contributed by atoms with van der Waals surface area (Å²) in [5.74, 6) is -0.619. The third-order valence-electron chi connectivity index (χ3n) is 3.73. The second kappa shape index (κ2) is 4.86. The lowest BCUT2D eigenvalue weighted by molar-refractivity contribution is -0.139. The van der Waals surface area contributed by atoms with Crippen LogP contribution in [-0.4, -0.2) is 16.1 Å². The highest BCUT2D eigenvalue weighted by molar-refractivity contribution is 5.76. The Balaban J connectivity index is 2.36. The van der Waals surface area contributed by atoms with Gasteiger partial charge in [0.15, 0.2) is 0 Å². The number of carbonyl (C=O) groups is 1. The van der Waals surface area contributed by atoms with E-state index in [0.29, 0.717) is 5.92 Å². The predicted octanol–water partition coefficient (Wildman–Crippen LogP) is 3.10. The molecule has 17 heavy (non-hydrogen) atoms. The molecule has 1 aliphatic rings. The summed E-state index contributed by atoms with van der Waals surface area (Å²) in [5.41, 5.74) is 3.02. The summed E-state index contributed by atoms with van der Waals surface area (Å²) < 4.78 is 0. The number of aryl methyl sites for hydroxylation is 1. The zero-order valence-corrected chi connectivity index (χ0v) is 10.4. The molecule has 3 nitrogen and oxygen atoms in total. The van der Waals surface area contributed by atoms with Crippen molar-refractivity contribution in [3.8, 4) is 0 Å². The van der Waals surface area contributed by atoms with E-state index in [-0.39, 0.29) is 5.92 Å². The molecule has 1 aromatic heterocycles. The SMILES string of the molecule is CCC(C)c1ccc2c(n1)CCCC2C(=O)O. The van der Waals surface area contributed by atoms with Crippen LogP contribution in [0.2, 0.25) is 0 Å². The number of nitrogens with zero attached hydrogens (tertiary/aromatic N) is 1. The molecule has 0 radical (unpaired) electrons. The first-order chi connectivity index (χ1) is 8.13. The van der Waals surface area contributed by atoms with Crippen molar-refractivity contribution in [3.05, 3.63) is 29.1 Å². The molecule has 1 aliphatic carbocycles. The number of pyridine rings is 1. The monoisotopic (exact) mass is 233 g/mol. The highest BCUT2D eigenvalue weighted by Gasteiger charge is 2.27. The van der Waals surface area contributed by atoms with Crippen molar-refractivity contribution in [3.63, 3.8) is 0 Å². The summed E-state index contributed by atoms with van der Waals surface area (Å²) in [6, 6.07) is 3.97. The lowest BCUT2D eigenvalue weighted by atomic mass is 9.85. The molecule has 0 amide bonds. The maximum Gasteiger partial charge on any atom is 0.311 e. The lowest BCUT2D eigenvalue weighted by Crippen LogP contribution is -2.19. The van der Waals surface area contributed by atoms with Gasteiger partial charge in [0.1, 0.15) is 0 Å². The van der Waals surface area contributed by atoms with Crippen LogP contribution in [0.15, 0.2) is 12.1 Å². The molecule has 92 valence electrons. The van der Waals surface area contributed by atoms with Gasteiger partial charge in [0.2, 0.25) is 0 Å². The summed E-state index contributed by atoms with van der Waals surface area (Å²) in [6.45, 7) is 4.30. The van der Waals surface area contributed by atoms with E-state index >= 15 is 0 Å². The molecule has 3 heteroatoms. The molecule has 0 spiro atoms. The van der Waals surface area contributed by atoms with E-state index in [9.17, 15) is 9.90 Å². The number of carboxylic acid groups (broad SMARTS) is 1. The first kappa shape index (κ1) is 12.1. The average molecular weight is 233 g/mol. The number of hydrogen-bond acceptors (Lipinski definition) is 2. The van der Waals surface area contributed by atoms with E-state index in [4.69, 9.17) is 0 Å². The third kappa shape index (κ3) is 2.33. The van der Waals surface area contributed by atoms with E-state index in [1.54, 1.807) is 0 Å². The number of aromatic nitrogens is 1. The lowest BCUT2D eigenvalue weighted by Gasteiger charge is -2.22. The van der Waals surface area contributed by atoms with Crippen LogP contribution >= 0.6 is 0 Å². The molecule has 1 aromatic rings. The van der Waals surface area contributed by atoms with Crippen LogP contribution in [0.5, 0.6) is 0 Å². The molecule has 0 saturated carbocycles. The second-order valence-electron chi connectivity index (χ2n) is 4.86. The van der Waals surface area contributed by atoms with Crippen LogP contribution in [0.1, 0.15) is 61.9 Å². The molecule has 0 bridgehead atoms. The Morgan fingerprint density at radius 1 is 1.59 bits per heavy atom. The molecule has 0 aromatic carbocycles. The fraction of sp³-hybridized carbons (Fsp3) is 0.571. The minimum Gasteiger partial charge on any atom is -0.481 e. The Labute approximate surface area is 102 Å². The standard InChI is InChI=1S/C14H19NO2/c1-3-9(2)12-8-7-10-11(14(16)17)5-4-6-13(10)15-12/h7-9,11H,3-6H2,1-2H3,(H,16,17). The van der Waals surface area contributed by atoms with E-state index < -0.39 is 5.97 Å². The van der Waals surface area contributed by atoms with Crippen molar-refractivity contribution in [2.24, 2.45) is 0 Å². The molecular formula is C14H19NO2. The van der Waals surface area contributed by atoms with Crippen LogP contribution in [0.4, 0.5) is 0 Å². The van der Waals surface area contributed by atoms with Crippen LogP contribution in [-0.2, 0) is 11.2 Å². The van der Waals surface area contributed by atoms with Crippen molar-refractivity contribution in [2.75, 3.05) is 0 Å². The van der Waals surface area contributed by atoms with E-state index in [0.717, 1.165) is 42.6 Å². The first-order valence-corrected chi connectivity index (χ1v) is 6.36. The normalized spacial score (nSPS) is 20.7. The topological polar surface area (TPSA) is 50.2 Å². The van der Waals surface area contributed by atoms with Gasteiger partial charge in [-0.15, -0.1) is 0 Å². The minimum atomic E-state index is -0.718. The van der Waals surface area contributed by atoms with Gasteiger partial charge in [-0.3, -0.25) is 9.78 Å². The molecular weight excluding hydrogens is 214 g/mol. The number of hydrogen-bond donors (Lipinski definition) is 1. The summed E-state index contributed by atoms with van der Waals surface area (Å²) in [7, 11) is 0. The molecule has 1 heterocycles. The zero-order valence-electron chi connectivity index (χ0n) is 10.4. The van der Waals surface area contributed by atoms with Gasteiger partial charge < -0.3 is 5.11 Å². The Kier molecular flexibility index (Phi) is 3.46. The van der Waals surface area contributed by atoms with Gasteiger partial charge in [0, 0.05) is 11.4 Å². The predicted molar refractivity (Wildman–Crippen MR) is 66.3 cm³/mol. The first-order valence-electron chi connectivity index (χ1n) is 6.36. The zero-order chi connectivity index (χ0) is 12.4. The van der Waals surface area contributed by atoms with Crippen LogP contribution in [0.25, 0.3) is 0 Å². The third-order valence-corrected chi connectivity index (χ3v) is 3.73. The van der Waals surface area contributed by atoms with Gasteiger partial charge in [-0.2, -0.15) is 0 Å². The summed E-state index contributed by atoms with van der Waals surface area (Å²) in [4.78, 5) is 15.8. The van der Waals surface area contributed by atoms with E-state index in [1.165, 1.54) is 0 Å². The van der Waals surface area contributed by atoms with Gasteiger partial charge in [-0.05, 0) is 43.2 Å². The van der Waals surface area contributed by atoms with Gasteiger partial charge >= 0.3 is 5.97 Å². The summed E-state index contributed by atoms with van der Waals surface area (Å²) in [6.07, 6.45) is 3.66. The van der Waals surface area contributed by atoms with Crippen LogP contribution < -0.4 is 0 Å². The molecule has 2 rings (SSSR count).